The van der Waals surface area contributed by atoms with Gasteiger partial charge in [0.2, 0.25) is 5.91 Å². The number of imide groups is 1. The molecule has 0 radical (unpaired) electrons. The lowest BCUT2D eigenvalue weighted by molar-refractivity contribution is -0.139. The van der Waals surface area contributed by atoms with Crippen LogP contribution in [0.2, 0.25) is 0 Å². The van der Waals surface area contributed by atoms with Crippen molar-refractivity contribution in [2.45, 2.75) is 26.3 Å². The maximum atomic E-state index is 12.5. The lowest BCUT2D eigenvalue weighted by Crippen LogP contribution is -2.49. The molecule has 0 bridgehead atoms. The number of aliphatic carboxylic acids is 1. The second-order valence-electron chi connectivity index (χ2n) is 5.26. The van der Waals surface area contributed by atoms with Crippen molar-refractivity contribution in [3.8, 4) is 0 Å². The van der Waals surface area contributed by atoms with Crippen molar-refractivity contribution in [3.63, 3.8) is 0 Å². The van der Waals surface area contributed by atoms with Gasteiger partial charge in [-0.3, -0.25) is 24.1 Å². The number of nitrogens with zero attached hydrogens (tertiary/aromatic N) is 2. The zero-order chi connectivity index (χ0) is 17.1. The third-order valence-corrected chi connectivity index (χ3v) is 3.86. The molecule has 1 N–H and O–H groups in total. The van der Waals surface area contributed by atoms with Crippen LogP contribution in [-0.2, 0) is 9.59 Å². The number of amides is 3. The van der Waals surface area contributed by atoms with Crippen molar-refractivity contribution in [1.29, 1.82) is 0 Å². The number of carboxylic acids is 1. The van der Waals surface area contributed by atoms with Gasteiger partial charge in [-0.05, 0) is 26.0 Å². The van der Waals surface area contributed by atoms with Crippen LogP contribution in [0, 0.1) is 0 Å². The molecule has 1 heterocycles. The average molecular weight is 318 g/mol. The van der Waals surface area contributed by atoms with Gasteiger partial charge < -0.3 is 10.0 Å². The molecule has 1 aromatic carbocycles. The molecular formula is C16H18N2O5. The number of carbonyl (C=O) groups is 4. The van der Waals surface area contributed by atoms with Gasteiger partial charge in [0.25, 0.3) is 11.8 Å². The lowest BCUT2D eigenvalue weighted by atomic mass is 10.1. The summed E-state index contributed by atoms with van der Waals surface area (Å²) in [5.74, 6) is -2.45. The molecule has 2 rings (SSSR count). The first-order chi connectivity index (χ1) is 10.9. The van der Waals surface area contributed by atoms with Crippen LogP contribution < -0.4 is 0 Å². The van der Waals surface area contributed by atoms with E-state index in [1.807, 2.05) is 0 Å². The van der Waals surface area contributed by atoms with Crippen molar-refractivity contribution >= 4 is 23.7 Å². The predicted molar refractivity (Wildman–Crippen MR) is 80.9 cm³/mol. The first-order valence-electron chi connectivity index (χ1n) is 7.36. The van der Waals surface area contributed by atoms with Gasteiger partial charge in [-0.25, -0.2) is 0 Å². The van der Waals surface area contributed by atoms with Crippen LogP contribution >= 0.6 is 0 Å². The number of likely N-dealkylation sites (N-methyl/N-ethyl adjacent to an activating group) is 1. The van der Waals surface area contributed by atoms with E-state index in [1.54, 1.807) is 31.2 Å². The Labute approximate surface area is 133 Å². The van der Waals surface area contributed by atoms with Crippen molar-refractivity contribution in [3.05, 3.63) is 35.4 Å². The van der Waals surface area contributed by atoms with Gasteiger partial charge in [-0.1, -0.05) is 12.1 Å². The Morgan fingerprint density at radius 3 is 2.13 bits per heavy atom. The van der Waals surface area contributed by atoms with Gasteiger partial charge in [-0.15, -0.1) is 0 Å². The van der Waals surface area contributed by atoms with Crippen LogP contribution in [0.25, 0.3) is 0 Å². The summed E-state index contributed by atoms with van der Waals surface area (Å²) in [7, 11) is 0. The lowest BCUT2D eigenvalue weighted by Gasteiger charge is -2.28. The van der Waals surface area contributed by atoms with E-state index in [2.05, 4.69) is 0 Å². The standard InChI is InChI=1S/C16H18N2O5/c1-3-17(9-8-13(19)20)14(21)10(2)18-15(22)11-6-4-5-7-12(11)16(18)23/h4-7,10H,3,8-9H2,1-2H3,(H,19,20). The maximum absolute atomic E-state index is 12.5. The fourth-order valence-electron chi connectivity index (χ4n) is 2.59. The zero-order valence-electron chi connectivity index (χ0n) is 13.0. The largest absolute Gasteiger partial charge is 0.481 e. The summed E-state index contributed by atoms with van der Waals surface area (Å²) in [5, 5.41) is 8.74. The van der Waals surface area contributed by atoms with Crippen molar-refractivity contribution in [2.75, 3.05) is 13.1 Å². The van der Waals surface area contributed by atoms with Gasteiger partial charge >= 0.3 is 5.97 Å². The number of hydrogen-bond donors (Lipinski definition) is 1. The number of carbonyl (C=O) groups excluding carboxylic acids is 3. The van der Waals surface area contributed by atoms with Crippen molar-refractivity contribution < 1.29 is 24.3 Å². The van der Waals surface area contributed by atoms with Gasteiger partial charge in [0.15, 0.2) is 0 Å². The van der Waals surface area contributed by atoms with Crippen molar-refractivity contribution in [1.82, 2.24) is 9.80 Å². The molecule has 1 atom stereocenters. The van der Waals surface area contributed by atoms with Crippen LogP contribution in [-0.4, -0.2) is 57.7 Å². The number of hydrogen-bond acceptors (Lipinski definition) is 4. The Morgan fingerprint density at radius 2 is 1.70 bits per heavy atom. The highest BCUT2D eigenvalue weighted by molar-refractivity contribution is 6.22. The Kier molecular flexibility index (Phi) is 4.78. The van der Waals surface area contributed by atoms with Gasteiger partial charge in [-0.2, -0.15) is 0 Å². The molecule has 3 amide bonds. The number of rotatable bonds is 6. The van der Waals surface area contributed by atoms with Gasteiger partial charge in [0, 0.05) is 13.1 Å². The normalized spacial score (nSPS) is 14.6. The summed E-state index contributed by atoms with van der Waals surface area (Å²) < 4.78 is 0. The van der Waals surface area contributed by atoms with E-state index in [1.165, 1.54) is 11.8 Å². The minimum Gasteiger partial charge on any atom is -0.481 e. The van der Waals surface area contributed by atoms with E-state index in [0.29, 0.717) is 6.54 Å². The number of carboxylic acid groups (broad SMARTS) is 1. The molecule has 0 spiro atoms. The van der Waals surface area contributed by atoms with E-state index in [-0.39, 0.29) is 24.1 Å². The molecule has 1 aliphatic heterocycles. The monoisotopic (exact) mass is 318 g/mol. The molecule has 1 aliphatic rings. The third-order valence-electron chi connectivity index (χ3n) is 3.86. The maximum Gasteiger partial charge on any atom is 0.305 e. The quantitative estimate of drug-likeness (QED) is 0.789. The molecule has 0 fully saturated rings. The van der Waals surface area contributed by atoms with Crippen LogP contribution in [0.1, 0.15) is 41.0 Å². The molecule has 1 unspecified atom stereocenters. The Hall–Kier alpha value is -2.70. The van der Waals surface area contributed by atoms with Gasteiger partial charge in [0.1, 0.15) is 6.04 Å². The van der Waals surface area contributed by atoms with Gasteiger partial charge in [0.05, 0.1) is 17.5 Å². The second-order valence-corrected chi connectivity index (χ2v) is 5.26. The molecule has 0 aromatic heterocycles. The van der Waals surface area contributed by atoms with Crippen LogP contribution in [0.5, 0.6) is 0 Å². The molecular weight excluding hydrogens is 300 g/mol. The van der Waals surface area contributed by atoms with E-state index in [0.717, 1.165) is 4.90 Å². The second kappa shape index (κ2) is 6.60. The Balaban J connectivity index is 2.18. The fourth-order valence-corrected chi connectivity index (χ4v) is 2.59. The molecule has 0 aliphatic carbocycles. The van der Waals surface area contributed by atoms with E-state index < -0.39 is 29.7 Å². The number of benzene rings is 1. The third kappa shape index (κ3) is 3.08. The average Bonchev–Trinajstić information content (AvgIpc) is 2.79. The Morgan fingerprint density at radius 1 is 1.17 bits per heavy atom. The molecule has 7 nitrogen and oxygen atoms in total. The smallest absolute Gasteiger partial charge is 0.305 e. The summed E-state index contributed by atoms with van der Waals surface area (Å²) in [4.78, 5) is 50.2. The predicted octanol–water partition coefficient (Wildman–Crippen LogP) is 0.994. The molecule has 23 heavy (non-hydrogen) atoms. The summed E-state index contributed by atoms with van der Waals surface area (Å²) >= 11 is 0. The minimum atomic E-state index is -1.01. The summed E-state index contributed by atoms with van der Waals surface area (Å²) in [6.07, 6.45) is -0.186. The highest BCUT2D eigenvalue weighted by Crippen LogP contribution is 2.25. The van der Waals surface area contributed by atoms with Crippen LogP contribution in [0.4, 0.5) is 0 Å². The van der Waals surface area contributed by atoms with E-state index >= 15 is 0 Å². The van der Waals surface area contributed by atoms with Crippen LogP contribution in [0.3, 0.4) is 0 Å². The summed E-state index contributed by atoms with van der Waals surface area (Å²) in [5.41, 5.74) is 0.566. The Bertz CT molecular complexity index is 635. The van der Waals surface area contributed by atoms with Crippen LogP contribution in [0.15, 0.2) is 24.3 Å². The highest BCUT2D eigenvalue weighted by atomic mass is 16.4. The van der Waals surface area contributed by atoms with Crippen molar-refractivity contribution in [2.24, 2.45) is 0 Å². The topological polar surface area (TPSA) is 95.0 Å². The fraction of sp³-hybridized carbons (Fsp3) is 0.375. The minimum absolute atomic E-state index is 0.0399. The molecule has 1 aromatic rings. The first kappa shape index (κ1) is 16.7. The highest BCUT2D eigenvalue weighted by Gasteiger charge is 2.41. The van der Waals surface area contributed by atoms with E-state index in [4.69, 9.17) is 5.11 Å². The molecule has 122 valence electrons. The first-order valence-corrected chi connectivity index (χ1v) is 7.36. The summed E-state index contributed by atoms with van der Waals surface area (Å²) in [6.45, 7) is 3.54. The molecule has 7 heteroatoms. The number of fused-ring (bicyclic) bond motifs is 1. The molecule has 0 saturated carbocycles. The summed E-state index contributed by atoms with van der Waals surface area (Å²) in [6, 6.07) is 5.44. The van der Waals surface area contributed by atoms with E-state index in [9.17, 15) is 19.2 Å². The molecule has 0 saturated heterocycles. The zero-order valence-corrected chi connectivity index (χ0v) is 13.0. The SMILES string of the molecule is CCN(CCC(=O)O)C(=O)C(C)N1C(=O)c2ccccc2C1=O.